The van der Waals surface area contributed by atoms with E-state index in [1.807, 2.05) is 92.7 Å². The van der Waals surface area contributed by atoms with Crippen LogP contribution in [-0.2, 0) is 19.3 Å². The Morgan fingerprint density at radius 3 is 2.36 bits per heavy atom. The summed E-state index contributed by atoms with van der Waals surface area (Å²) >= 11 is 0. The van der Waals surface area contributed by atoms with Gasteiger partial charge in [-0.05, 0) is 73.1 Å². The van der Waals surface area contributed by atoms with Gasteiger partial charge in [0, 0.05) is 16.7 Å². The first kappa shape index (κ1) is 25.3. The van der Waals surface area contributed by atoms with Crippen molar-refractivity contribution < 1.29 is 14.7 Å². The minimum Gasteiger partial charge on any atom is -0.393 e. The van der Waals surface area contributed by atoms with E-state index in [0.29, 0.717) is 30.4 Å². The molecule has 0 fully saturated rings. The molecular weight excluding hydrogens is 446 g/mol. The molecule has 1 amide bonds. The summed E-state index contributed by atoms with van der Waals surface area (Å²) in [4.78, 5) is 25.0. The van der Waals surface area contributed by atoms with Crippen LogP contribution in [0.2, 0.25) is 0 Å². The van der Waals surface area contributed by atoms with Gasteiger partial charge in [0.15, 0.2) is 6.29 Å². The first-order chi connectivity index (χ1) is 17.4. The van der Waals surface area contributed by atoms with Gasteiger partial charge in [0.25, 0.3) is 5.91 Å². The lowest BCUT2D eigenvalue weighted by Crippen LogP contribution is -2.45. The highest BCUT2D eigenvalue weighted by molar-refractivity contribution is 5.99. The Hall–Kier alpha value is -3.76. The summed E-state index contributed by atoms with van der Waals surface area (Å²) in [6, 6.07) is 29.4. The maximum Gasteiger partial charge on any atom is 0.251 e. The summed E-state index contributed by atoms with van der Waals surface area (Å²) in [5, 5.41) is 16.0. The molecule has 4 aromatic rings. The lowest BCUT2D eigenvalue weighted by atomic mass is 9.92. The van der Waals surface area contributed by atoms with Gasteiger partial charge in [-0.1, -0.05) is 84.9 Å². The fourth-order valence-corrected chi connectivity index (χ4v) is 4.82. The summed E-state index contributed by atoms with van der Waals surface area (Å²) in [6.45, 7) is 4.03. The van der Waals surface area contributed by atoms with Crippen molar-refractivity contribution in [1.82, 2.24) is 5.32 Å². The number of hydrogen-bond donors (Lipinski definition) is 2. The van der Waals surface area contributed by atoms with E-state index in [1.54, 1.807) is 0 Å². The topological polar surface area (TPSA) is 66.4 Å². The second kappa shape index (κ2) is 11.3. The average Bonchev–Trinajstić information content (AvgIpc) is 2.87. The highest BCUT2D eigenvalue weighted by Crippen LogP contribution is 2.23. The van der Waals surface area contributed by atoms with Crippen LogP contribution in [0.4, 0.5) is 0 Å². The molecule has 0 aliphatic rings. The molecule has 1 atom stereocenters. The first-order valence-corrected chi connectivity index (χ1v) is 12.4. The molecule has 4 aromatic carbocycles. The van der Waals surface area contributed by atoms with E-state index < -0.39 is 11.6 Å². The van der Waals surface area contributed by atoms with Crippen LogP contribution >= 0.6 is 0 Å². The number of aldehydes is 1. The molecule has 0 radical (unpaired) electrons. The highest BCUT2D eigenvalue weighted by Gasteiger charge is 2.23. The van der Waals surface area contributed by atoms with Crippen LogP contribution in [0.25, 0.3) is 10.8 Å². The van der Waals surface area contributed by atoms with Crippen LogP contribution in [0.1, 0.15) is 57.7 Å². The molecule has 0 aliphatic carbocycles. The fraction of sp³-hybridized carbons (Fsp3) is 0.250. The number of nitrogens with one attached hydrogen (secondary N) is 1. The maximum absolute atomic E-state index is 13.2. The molecule has 0 saturated carbocycles. The second-order valence-corrected chi connectivity index (χ2v) is 10.0. The molecule has 0 aliphatic heterocycles. The van der Waals surface area contributed by atoms with Gasteiger partial charge in [-0.25, -0.2) is 0 Å². The van der Waals surface area contributed by atoms with Gasteiger partial charge in [-0.3, -0.25) is 9.59 Å². The predicted octanol–water partition coefficient (Wildman–Crippen LogP) is 5.94. The highest BCUT2D eigenvalue weighted by atomic mass is 16.3. The molecule has 184 valence electrons. The number of hydrogen-bond acceptors (Lipinski definition) is 3. The van der Waals surface area contributed by atoms with Crippen LogP contribution in [0.3, 0.4) is 0 Å². The van der Waals surface area contributed by atoms with Crippen LogP contribution in [-0.4, -0.2) is 28.9 Å². The Balaban J connectivity index is 1.42. The molecular formula is C32H33NO3. The van der Waals surface area contributed by atoms with Crippen molar-refractivity contribution >= 4 is 23.0 Å². The molecule has 0 spiro atoms. The quantitative estimate of drug-likeness (QED) is 0.277. The predicted molar refractivity (Wildman–Crippen MR) is 146 cm³/mol. The van der Waals surface area contributed by atoms with Gasteiger partial charge >= 0.3 is 0 Å². The number of fused-ring (bicyclic) bond motifs is 1. The largest absolute Gasteiger partial charge is 0.393 e. The van der Waals surface area contributed by atoms with E-state index in [2.05, 4.69) is 17.4 Å². The Bertz CT molecular complexity index is 1340. The summed E-state index contributed by atoms with van der Waals surface area (Å²) in [7, 11) is 0. The van der Waals surface area contributed by atoms with E-state index >= 15 is 0 Å². The molecule has 4 nitrogen and oxygen atoms in total. The SMILES string of the molecule is CC(C)(Cc1ccccc1)NC(=O)c1ccccc1CC(O)CCc1ccc2ccccc2c1C=O. The van der Waals surface area contributed by atoms with E-state index in [0.717, 1.165) is 40.2 Å². The van der Waals surface area contributed by atoms with Crippen molar-refractivity contribution in [1.29, 1.82) is 0 Å². The van der Waals surface area contributed by atoms with Crippen molar-refractivity contribution in [2.24, 2.45) is 0 Å². The number of carbonyl (C=O) groups is 2. The minimum atomic E-state index is -0.637. The Labute approximate surface area is 213 Å². The van der Waals surface area contributed by atoms with Gasteiger partial charge < -0.3 is 10.4 Å². The van der Waals surface area contributed by atoms with Gasteiger partial charge in [-0.15, -0.1) is 0 Å². The number of aliphatic hydroxyl groups is 1. The maximum atomic E-state index is 13.2. The Kier molecular flexibility index (Phi) is 7.97. The van der Waals surface area contributed by atoms with E-state index in [1.165, 1.54) is 0 Å². The number of aryl methyl sites for hydroxylation is 1. The van der Waals surface area contributed by atoms with Gasteiger partial charge in [0.1, 0.15) is 0 Å². The van der Waals surface area contributed by atoms with Crippen molar-refractivity contribution in [3.63, 3.8) is 0 Å². The van der Waals surface area contributed by atoms with Crippen LogP contribution in [0, 0.1) is 0 Å². The fourth-order valence-electron chi connectivity index (χ4n) is 4.82. The normalized spacial score (nSPS) is 12.3. The smallest absolute Gasteiger partial charge is 0.251 e. The third kappa shape index (κ3) is 6.27. The van der Waals surface area contributed by atoms with Gasteiger partial charge in [0.05, 0.1) is 6.10 Å². The van der Waals surface area contributed by atoms with Crippen molar-refractivity contribution in [3.8, 4) is 0 Å². The number of aliphatic hydroxyl groups excluding tert-OH is 1. The standard InChI is InChI=1S/C32H33NO3/c1-32(2,21-23-10-4-3-5-11-23)33-31(36)29-15-9-7-13-26(29)20-27(35)19-18-25-17-16-24-12-6-8-14-28(24)30(25)22-34/h3-17,22,27,35H,18-21H2,1-2H3,(H,33,36). The zero-order valence-electron chi connectivity index (χ0n) is 20.9. The first-order valence-electron chi connectivity index (χ1n) is 12.4. The zero-order valence-corrected chi connectivity index (χ0v) is 20.9. The molecule has 2 N–H and O–H groups in total. The third-order valence-corrected chi connectivity index (χ3v) is 6.58. The average molecular weight is 480 g/mol. The Morgan fingerprint density at radius 2 is 1.58 bits per heavy atom. The third-order valence-electron chi connectivity index (χ3n) is 6.58. The van der Waals surface area contributed by atoms with E-state index in [-0.39, 0.29) is 5.91 Å². The number of benzene rings is 4. The van der Waals surface area contributed by atoms with Crippen LogP contribution in [0.5, 0.6) is 0 Å². The Morgan fingerprint density at radius 1 is 0.889 bits per heavy atom. The molecule has 0 bridgehead atoms. The summed E-state index contributed by atoms with van der Waals surface area (Å²) in [5.74, 6) is -0.142. The lowest BCUT2D eigenvalue weighted by molar-refractivity contribution is 0.0910. The number of carbonyl (C=O) groups excluding carboxylic acids is 2. The van der Waals surface area contributed by atoms with Crippen molar-refractivity contribution in [2.75, 3.05) is 0 Å². The summed E-state index contributed by atoms with van der Waals surface area (Å²) in [5.41, 5.74) is 3.74. The zero-order chi connectivity index (χ0) is 25.5. The van der Waals surface area contributed by atoms with Gasteiger partial charge in [-0.2, -0.15) is 0 Å². The molecule has 4 rings (SSSR count). The van der Waals surface area contributed by atoms with Crippen LogP contribution in [0.15, 0.2) is 91.0 Å². The number of rotatable bonds is 10. The number of amides is 1. The van der Waals surface area contributed by atoms with Crippen molar-refractivity contribution in [3.05, 3.63) is 119 Å². The molecule has 0 saturated heterocycles. The molecule has 1 unspecified atom stereocenters. The second-order valence-electron chi connectivity index (χ2n) is 10.0. The van der Waals surface area contributed by atoms with E-state index in [9.17, 15) is 14.7 Å². The molecule has 36 heavy (non-hydrogen) atoms. The lowest BCUT2D eigenvalue weighted by Gasteiger charge is -2.27. The van der Waals surface area contributed by atoms with Crippen LogP contribution < -0.4 is 5.32 Å². The molecule has 4 heteroatoms. The molecule has 0 aromatic heterocycles. The summed E-state index contributed by atoms with van der Waals surface area (Å²) < 4.78 is 0. The minimum absolute atomic E-state index is 0.142. The monoisotopic (exact) mass is 479 g/mol. The molecule has 0 heterocycles. The van der Waals surface area contributed by atoms with E-state index in [4.69, 9.17) is 0 Å². The summed E-state index contributed by atoms with van der Waals surface area (Å²) in [6.07, 6.45) is 2.43. The van der Waals surface area contributed by atoms with Gasteiger partial charge in [0.2, 0.25) is 0 Å². The van der Waals surface area contributed by atoms with Crippen molar-refractivity contribution in [2.45, 2.75) is 51.2 Å².